The van der Waals surface area contributed by atoms with Crippen molar-refractivity contribution in [2.24, 2.45) is 0 Å². The molecule has 0 aromatic carbocycles. The number of ether oxygens (including phenoxy) is 1. The minimum absolute atomic E-state index is 0.00900. The third-order valence-electron chi connectivity index (χ3n) is 16.7. The van der Waals surface area contributed by atoms with E-state index in [-0.39, 0.29) is 18.5 Å². The average molecular weight is 1100 g/mol. The number of aliphatic hydroxyl groups is 2. The third kappa shape index (κ3) is 63.5. The Morgan fingerprint density at radius 2 is 0.603 bits per heavy atom. The maximum atomic E-state index is 12.5. The van der Waals surface area contributed by atoms with E-state index in [1.807, 2.05) is 6.08 Å². The van der Waals surface area contributed by atoms with Crippen molar-refractivity contribution in [3.63, 3.8) is 0 Å². The topological polar surface area (TPSA) is 95.9 Å². The van der Waals surface area contributed by atoms with Gasteiger partial charge in [-0.05, 0) is 57.8 Å². The van der Waals surface area contributed by atoms with E-state index in [0.29, 0.717) is 19.4 Å². The smallest absolute Gasteiger partial charge is 0.305 e. The molecule has 0 aliphatic rings. The number of nitrogens with one attached hydrogen (secondary N) is 1. The Balaban J connectivity index is 3.44. The molecule has 78 heavy (non-hydrogen) atoms. The number of carbonyl (C=O) groups is 2. The van der Waals surface area contributed by atoms with E-state index in [4.69, 9.17) is 4.74 Å². The van der Waals surface area contributed by atoms with Crippen LogP contribution in [0.2, 0.25) is 0 Å². The molecule has 1 amide bonds. The zero-order valence-electron chi connectivity index (χ0n) is 52.9. The monoisotopic (exact) mass is 1100 g/mol. The SMILES string of the molecule is CCCCCCCCCCCCCCCCCCCCCCC/C=C/C(O)C(CO)NC(=O)CCCCCCCCC/C=C\CCCCCCCCCCOC(=O)CCCCCCCCCCCCCCCCCCCCC. The molecule has 6 nitrogen and oxygen atoms in total. The van der Waals surface area contributed by atoms with Gasteiger partial charge in [0.1, 0.15) is 0 Å². The lowest BCUT2D eigenvalue weighted by molar-refractivity contribution is -0.143. The lowest BCUT2D eigenvalue weighted by Crippen LogP contribution is -2.45. The van der Waals surface area contributed by atoms with Crippen molar-refractivity contribution >= 4 is 11.9 Å². The van der Waals surface area contributed by atoms with Crippen LogP contribution < -0.4 is 5.32 Å². The van der Waals surface area contributed by atoms with Crippen LogP contribution in [-0.2, 0) is 14.3 Å². The summed E-state index contributed by atoms with van der Waals surface area (Å²) in [4.78, 5) is 24.6. The van der Waals surface area contributed by atoms with Crippen LogP contribution in [0.15, 0.2) is 24.3 Å². The maximum absolute atomic E-state index is 12.5. The van der Waals surface area contributed by atoms with E-state index in [1.165, 1.54) is 327 Å². The Labute approximate surface area is 488 Å². The number of carbonyl (C=O) groups excluding carboxylic acids is 2. The van der Waals surface area contributed by atoms with E-state index in [1.54, 1.807) is 6.08 Å². The summed E-state index contributed by atoms with van der Waals surface area (Å²) < 4.78 is 5.50. The van der Waals surface area contributed by atoms with E-state index in [0.717, 1.165) is 44.9 Å². The van der Waals surface area contributed by atoms with Crippen molar-refractivity contribution in [2.45, 2.75) is 411 Å². The van der Waals surface area contributed by atoms with E-state index in [2.05, 4.69) is 31.3 Å². The van der Waals surface area contributed by atoms with Crippen LogP contribution in [0, 0.1) is 0 Å². The summed E-state index contributed by atoms with van der Waals surface area (Å²) in [6, 6.07) is -0.636. The zero-order chi connectivity index (χ0) is 56.4. The number of hydrogen-bond acceptors (Lipinski definition) is 5. The number of unbranched alkanes of at least 4 members (excludes halogenated alkanes) is 54. The van der Waals surface area contributed by atoms with Crippen LogP contribution in [0.1, 0.15) is 399 Å². The zero-order valence-corrected chi connectivity index (χ0v) is 52.9. The summed E-state index contributed by atoms with van der Waals surface area (Å²) in [6.45, 7) is 4.94. The quantitative estimate of drug-likeness (QED) is 0.0320. The lowest BCUT2D eigenvalue weighted by atomic mass is 10.0. The molecule has 3 N–H and O–H groups in total. The largest absolute Gasteiger partial charge is 0.466 e. The maximum Gasteiger partial charge on any atom is 0.305 e. The van der Waals surface area contributed by atoms with Crippen LogP contribution in [0.5, 0.6) is 0 Å². The molecular weight excluding hydrogens is 959 g/mol. The Hall–Kier alpha value is -1.66. The molecule has 0 spiro atoms. The molecule has 0 saturated carbocycles. The van der Waals surface area contributed by atoms with Crippen LogP contribution in [0.4, 0.5) is 0 Å². The minimum Gasteiger partial charge on any atom is -0.466 e. The third-order valence-corrected chi connectivity index (χ3v) is 16.7. The molecule has 0 saturated heterocycles. The summed E-state index contributed by atoms with van der Waals surface area (Å²) in [5.74, 6) is -0.0643. The first-order chi connectivity index (χ1) is 38.5. The van der Waals surface area contributed by atoms with Crippen molar-refractivity contribution in [1.29, 1.82) is 0 Å². The first-order valence-electron chi connectivity index (χ1n) is 35.6. The number of amides is 1. The highest BCUT2D eigenvalue weighted by Gasteiger charge is 2.18. The molecule has 0 aliphatic heterocycles. The van der Waals surface area contributed by atoms with Crippen LogP contribution in [0.3, 0.4) is 0 Å². The predicted octanol–water partition coefficient (Wildman–Crippen LogP) is 22.9. The van der Waals surface area contributed by atoms with Gasteiger partial charge in [-0.15, -0.1) is 0 Å². The van der Waals surface area contributed by atoms with Gasteiger partial charge in [-0.1, -0.05) is 353 Å². The second kappa shape index (κ2) is 67.8. The summed E-state index contributed by atoms with van der Waals surface area (Å²) in [5, 5.41) is 23.3. The summed E-state index contributed by atoms with van der Waals surface area (Å²) in [5.41, 5.74) is 0. The van der Waals surface area contributed by atoms with Crippen LogP contribution in [-0.4, -0.2) is 47.4 Å². The summed E-state index contributed by atoms with van der Waals surface area (Å²) in [6.07, 6.45) is 85.4. The highest BCUT2D eigenvalue weighted by Crippen LogP contribution is 2.19. The number of hydrogen-bond donors (Lipinski definition) is 3. The summed E-state index contributed by atoms with van der Waals surface area (Å²) in [7, 11) is 0. The first kappa shape index (κ1) is 76.3. The molecule has 462 valence electrons. The van der Waals surface area contributed by atoms with Gasteiger partial charge in [-0.3, -0.25) is 9.59 Å². The van der Waals surface area contributed by atoms with Gasteiger partial charge in [-0.2, -0.15) is 0 Å². The number of rotatable bonds is 67. The molecule has 0 bridgehead atoms. The van der Waals surface area contributed by atoms with Gasteiger partial charge in [-0.25, -0.2) is 0 Å². The standard InChI is InChI=1S/C72H139NO5/c1-3-5-7-9-11-13-15-17-19-21-23-24-25-26-29-32-36-40-44-48-52-56-60-64-70(75)69(68-74)73-71(76)65-61-57-53-49-45-41-37-33-30-27-31-35-39-43-47-51-55-59-63-67-78-72(77)66-62-58-54-50-46-42-38-34-28-22-20-18-16-14-12-10-8-6-4-2/h27,30,60,64,69-70,74-75H,3-26,28-29,31-59,61-63,65-68H2,1-2H3,(H,73,76)/b30-27-,64-60+. The van der Waals surface area contributed by atoms with Crippen LogP contribution >= 0.6 is 0 Å². The molecule has 2 unspecified atom stereocenters. The van der Waals surface area contributed by atoms with E-state index >= 15 is 0 Å². The van der Waals surface area contributed by atoms with E-state index in [9.17, 15) is 19.8 Å². The fourth-order valence-electron chi connectivity index (χ4n) is 11.3. The van der Waals surface area contributed by atoms with Gasteiger partial charge < -0.3 is 20.3 Å². The van der Waals surface area contributed by atoms with E-state index < -0.39 is 12.1 Å². The van der Waals surface area contributed by atoms with Crippen LogP contribution in [0.25, 0.3) is 0 Å². The molecule has 2 atom stereocenters. The fourth-order valence-corrected chi connectivity index (χ4v) is 11.3. The minimum atomic E-state index is -0.852. The Bertz CT molecular complexity index is 1220. The molecule has 0 fully saturated rings. The Morgan fingerprint density at radius 1 is 0.346 bits per heavy atom. The normalized spacial score (nSPS) is 12.6. The molecule has 0 aromatic heterocycles. The molecule has 0 radical (unpaired) electrons. The number of esters is 1. The first-order valence-corrected chi connectivity index (χ1v) is 35.6. The number of aliphatic hydroxyl groups excluding tert-OH is 2. The molecule has 0 heterocycles. The van der Waals surface area contributed by atoms with Crippen molar-refractivity contribution in [2.75, 3.05) is 13.2 Å². The number of allylic oxidation sites excluding steroid dienone is 3. The van der Waals surface area contributed by atoms with Crippen molar-refractivity contribution in [3.8, 4) is 0 Å². The molecule has 6 heteroatoms. The second-order valence-corrected chi connectivity index (χ2v) is 24.6. The molecule has 0 rings (SSSR count). The lowest BCUT2D eigenvalue weighted by Gasteiger charge is -2.20. The molecular formula is C72H139NO5. The summed E-state index contributed by atoms with van der Waals surface area (Å²) >= 11 is 0. The van der Waals surface area contributed by atoms with Crippen molar-refractivity contribution in [3.05, 3.63) is 24.3 Å². The Kier molecular flexibility index (Phi) is 66.4. The van der Waals surface area contributed by atoms with Gasteiger partial charge in [0.05, 0.1) is 25.4 Å². The predicted molar refractivity (Wildman–Crippen MR) is 343 cm³/mol. The van der Waals surface area contributed by atoms with Crippen molar-refractivity contribution in [1.82, 2.24) is 5.32 Å². The van der Waals surface area contributed by atoms with Crippen molar-refractivity contribution < 1.29 is 24.5 Å². The fraction of sp³-hybridized carbons (Fsp3) is 0.917. The average Bonchev–Trinajstić information content (AvgIpc) is 3.44. The second-order valence-electron chi connectivity index (χ2n) is 24.6. The molecule has 0 aliphatic carbocycles. The Morgan fingerprint density at radius 3 is 0.910 bits per heavy atom. The van der Waals surface area contributed by atoms with Gasteiger partial charge >= 0.3 is 5.97 Å². The van der Waals surface area contributed by atoms with Gasteiger partial charge in [0.15, 0.2) is 0 Å². The highest BCUT2D eigenvalue weighted by molar-refractivity contribution is 5.76. The van der Waals surface area contributed by atoms with Gasteiger partial charge in [0, 0.05) is 12.8 Å². The van der Waals surface area contributed by atoms with Gasteiger partial charge in [0.25, 0.3) is 0 Å². The van der Waals surface area contributed by atoms with Gasteiger partial charge in [0.2, 0.25) is 5.91 Å². The highest BCUT2D eigenvalue weighted by atomic mass is 16.5. The molecule has 0 aromatic rings.